The summed E-state index contributed by atoms with van der Waals surface area (Å²) >= 11 is 5.98. The highest BCUT2D eigenvalue weighted by atomic mass is 35.5. The van der Waals surface area contributed by atoms with Crippen LogP contribution in [0.5, 0.6) is 0 Å². The first-order valence-corrected chi connectivity index (χ1v) is 10.0. The zero-order valence-corrected chi connectivity index (χ0v) is 13.1. The maximum absolute atomic E-state index is 6.28. The fraction of sp³-hybridized carbons (Fsp3) is 1.00. The van der Waals surface area contributed by atoms with E-state index in [4.69, 9.17) is 16.0 Å². The molecule has 0 radical (unpaired) electrons. The summed E-state index contributed by atoms with van der Waals surface area (Å²) in [6, 6.07) is 3.78. The first-order valence-electron chi connectivity index (χ1n) is 6.94. The van der Waals surface area contributed by atoms with Crippen molar-refractivity contribution in [3.8, 4) is 0 Å². The maximum Gasteiger partial charge on any atom is 0.193 e. The highest BCUT2D eigenvalue weighted by molar-refractivity contribution is 6.74. The van der Waals surface area contributed by atoms with E-state index < -0.39 is 8.32 Å². The minimum Gasteiger partial charge on any atom is -0.417 e. The topological polar surface area (TPSA) is 9.23 Å². The first-order chi connectivity index (χ1) is 7.74. The Labute approximate surface area is 108 Å². The second-order valence-electron chi connectivity index (χ2n) is 4.68. The van der Waals surface area contributed by atoms with Crippen LogP contribution in [0.4, 0.5) is 0 Å². The molecule has 3 heteroatoms. The van der Waals surface area contributed by atoms with E-state index in [9.17, 15) is 0 Å². The van der Waals surface area contributed by atoms with Crippen molar-refractivity contribution in [2.45, 2.75) is 71.0 Å². The lowest BCUT2D eigenvalue weighted by Crippen LogP contribution is -2.39. The van der Waals surface area contributed by atoms with Crippen molar-refractivity contribution in [3.05, 3.63) is 0 Å². The van der Waals surface area contributed by atoms with Crippen LogP contribution in [0.15, 0.2) is 0 Å². The fourth-order valence-electron chi connectivity index (χ4n) is 2.08. The molecule has 16 heavy (non-hydrogen) atoms. The van der Waals surface area contributed by atoms with Gasteiger partial charge in [0.1, 0.15) is 0 Å². The van der Waals surface area contributed by atoms with Gasteiger partial charge in [-0.2, -0.15) is 0 Å². The van der Waals surface area contributed by atoms with Crippen LogP contribution in [-0.4, -0.2) is 20.8 Å². The van der Waals surface area contributed by atoms with Crippen molar-refractivity contribution in [3.63, 3.8) is 0 Å². The molecule has 1 nitrogen and oxygen atoms in total. The van der Waals surface area contributed by atoms with Gasteiger partial charge in [-0.1, -0.05) is 46.5 Å². The summed E-state index contributed by atoms with van der Waals surface area (Å²) in [4.78, 5) is 0. The van der Waals surface area contributed by atoms with Gasteiger partial charge in [-0.25, -0.2) is 0 Å². The van der Waals surface area contributed by atoms with Gasteiger partial charge in [0.2, 0.25) is 0 Å². The molecule has 98 valence electrons. The molecule has 0 aliphatic heterocycles. The molecule has 0 saturated heterocycles. The third-order valence-corrected chi connectivity index (χ3v) is 8.15. The van der Waals surface area contributed by atoms with E-state index in [-0.39, 0.29) is 0 Å². The Hall–Kier alpha value is 0.467. The molecule has 0 aromatic rings. The normalized spacial score (nSPS) is 12.0. The SMILES string of the molecule is CCCC[Si](CCCl)(CCCC)OCCC. The molecule has 0 aliphatic rings. The van der Waals surface area contributed by atoms with Crippen LogP contribution in [-0.2, 0) is 4.43 Å². The Morgan fingerprint density at radius 2 is 1.44 bits per heavy atom. The third-order valence-electron chi connectivity index (χ3n) is 3.13. The lowest BCUT2D eigenvalue weighted by atomic mass is 10.4. The van der Waals surface area contributed by atoms with Gasteiger partial charge < -0.3 is 4.43 Å². The van der Waals surface area contributed by atoms with Crippen molar-refractivity contribution in [1.29, 1.82) is 0 Å². The minimum atomic E-state index is -1.49. The van der Waals surface area contributed by atoms with Gasteiger partial charge in [-0.05, 0) is 24.6 Å². The third kappa shape index (κ3) is 6.92. The van der Waals surface area contributed by atoms with E-state index in [0.717, 1.165) is 25.0 Å². The molecule has 0 saturated carbocycles. The molecule has 0 aromatic heterocycles. The second kappa shape index (κ2) is 10.6. The minimum absolute atomic E-state index is 0.781. The molecule has 0 spiro atoms. The van der Waals surface area contributed by atoms with E-state index in [0.29, 0.717) is 0 Å². The molecular formula is C13H29ClOSi. The van der Waals surface area contributed by atoms with Crippen molar-refractivity contribution in [2.75, 3.05) is 12.5 Å². The molecule has 0 amide bonds. The van der Waals surface area contributed by atoms with Crippen LogP contribution in [0.2, 0.25) is 18.1 Å². The van der Waals surface area contributed by atoms with Crippen LogP contribution in [0.3, 0.4) is 0 Å². The van der Waals surface area contributed by atoms with Crippen LogP contribution < -0.4 is 0 Å². The Balaban J connectivity index is 4.32. The molecular weight excluding hydrogens is 236 g/mol. The summed E-state index contributed by atoms with van der Waals surface area (Å²) < 4.78 is 6.28. The quantitative estimate of drug-likeness (QED) is 0.368. The van der Waals surface area contributed by atoms with E-state index in [2.05, 4.69) is 20.8 Å². The van der Waals surface area contributed by atoms with E-state index in [1.165, 1.54) is 37.8 Å². The number of halogens is 1. The largest absolute Gasteiger partial charge is 0.417 e. The Kier molecular flexibility index (Phi) is 10.9. The summed E-state index contributed by atoms with van der Waals surface area (Å²) in [6.45, 7) is 7.66. The van der Waals surface area contributed by atoms with Crippen molar-refractivity contribution >= 4 is 19.9 Å². The summed E-state index contributed by atoms with van der Waals surface area (Å²) in [5.41, 5.74) is 0. The summed E-state index contributed by atoms with van der Waals surface area (Å²) in [5, 5.41) is 0. The predicted molar refractivity (Wildman–Crippen MR) is 77.0 cm³/mol. The average molecular weight is 265 g/mol. The van der Waals surface area contributed by atoms with Gasteiger partial charge >= 0.3 is 0 Å². The van der Waals surface area contributed by atoms with Gasteiger partial charge in [0.25, 0.3) is 0 Å². The number of hydrogen-bond acceptors (Lipinski definition) is 1. The summed E-state index contributed by atoms with van der Waals surface area (Å²) in [7, 11) is -1.49. The van der Waals surface area contributed by atoms with Gasteiger partial charge in [-0.15, -0.1) is 11.6 Å². The van der Waals surface area contributed by atoms with Gasteiger partial charge in [-0.3, -0.25) is 0 Å². The van der Waals surface area contributed by atoms with Gasteiger partial charge in [0, 0.05) is 12.5 Å². The number of rotatable bonds is 11. The smallest absolute Gasteiger partial charge is 0.193 e. The highest BCUT2D eigenvalue weighted by Crippen LogP contribution is 2.28. The average Bonchev–Trinajstić information content (AvgIpc) is 2.31. The van der Waals surface area contributed by atoms with Crippen molar-refractivity contribution in [2.24, 2.45) is 0 Å². The number of unbranched alkanes of at least 4 members (excludes halogenated alkanes) is 2. The monoisotopic (exact) mass is 264 g/mol. The van der Waals surface area contributed by atoms with Crippen LogP contribution >= 0.6 is 11.6 Å². The molecule has 0 unspecified atom stereocenters. The Morgan fingerprint density at radius 1 is 0.875 bits per heavy atom. The number of alkyl halides is 1. The molecule has 0 heterocycles. The number of hydrogen-bond donors (Lipinski definition) is 0. The fourth-order valence-corrected chi connectivity index (χ4v) is 7.27. The van der Waals surface area contributed by atoms with Crippen LogP contribution in [0.1, 0.15) is 52.9 Å². The molecule has 0 aliphatic carbocycles. The molecule has 0 aromatic carbocycles. The summed E-state index contributed by atoms with van der Waals surface area (Å²) in [5.74, 6) is 0.781. The molecule has 0 N–H and O–H groups in total. The molecule has 0 fully saturated rings. The van der Waals surface area contributed by atoms with Crippen LogP contribution in [0.25, 0.3) is 0 Å². The lowest BCUT2D eigenvalue weighted by molar-refractivity contribution is 0.295. The standard InChI is InChI=1S/C13H29ClOSi/c1-4-7-11-16(13-9-14,12-8-5-2)15-10-6-3/h4-13H2,1-3H3. The lowest BCUT2D eigenvalue weighted by Gasteiger charge is -2.31. The van der Waals surface area contributed by atoms with E-state index in [1.807, 2.05) is 0 Å². The highest BCUT2D eigenvalue weighted by Gasteiger charge is 2.32. The van der Waals surface area contributed by atoms with Gasteiger partial charge in [0.05, 0.1) is 0 Å². The molecule has 0 rings (SSSR count). The Morgan fingerprint density at radius 3 is 1.81 bits per heavy atom. The molecule has 0 bridgehead atoms. The zero-order chi connectivity index (χ0) is 12.3. The predicted octanol–water partition coefficient (Wildman–Crippen LogP) is 5.20. The van der Waals surface area contributed by atoms with Crippen molar-refractivity contribution in [1.82, 2.24) is 0 Å². The van der Waals surface area contributed by atoms with Gasteiger partial charge in [0.15, 0.2) is 8.32 Å². The van der Waals surface area contributed by atoms with Crippen molar-refractivity contribution < 1.29 is 4.43 Å². The van der Waals surface area contributed by atoms with Crippen LogP contribution in [0, 0.1) is 0 Å². The Bertz CT molecular complexity index is 131. The second-order valence-corrected chi connectivity index (χ2v) is 9.21. The first kappa shape index (κ1) is 16.5. The zero-order valence-electron chi connectivity index (χ0n) is 11.4. The molecule has 0 atom stereocenters. The van der Waals surface area contributed by atoms with E-state index >= 15 is 0 Å². The maximum atomic E-state index is 6.28. The summed E-state index contributed by atoms with van der Waals surface area (Å²) in [6.07, 6.45) is 6.32. The van der Waals surface area contributed by atoms with E-state index in [1.54, 1.807) is 0 Å².